The second-order valence-corrected chi connectivity index (χ2v) is 8.41. The Morgan fingerprint density at radius 1 is 1.44 bits per heavy atom. The Bertz CT molecular complexity index is 890. The second kappa shape index (κ2) is 6.80. The number of carbonyl (C=O) groups is 1. The molecule has 0 saturated heterocycles. The van der Waals surface area contributed by atoms with Crippen molar-refractivity contribution < 1.29 is 4.79 Å². The first-order valence-electron chi connectivity index (χ1n) is 8.39. The molecule has 0 spiro atoms. The molecule has 1 aliphatic carbocycles. The van der Waals surface area contributed by atoms with Crippen LogP contribution in [0, 0.1) is 13.8 Å². The van der Waals surface area contributed by atoms with Gasteiger partial charge in [0.15, 0.2) is 5.78 Å². The largest absolute Gasteiger partial charge is 0.343 e. The van der Waals surface area contributed by atoms with Crippen LogP contribution in [-0.2, 0) is 6.54 Å². The van der Waals surface area contributed by atoms with Gasteiger partial charge in [0.1, 0.15) is 5.82 Å². The number of aromatic nitrogens is 4. The summed E-state index contributed by atoms with van der Waals surface area (Å²) in [5.41, 5.74) is 2.96. The maximum Gasteiger partial charge on any atom is 0.208 e. The van der Waals surface area contributed by atoms with E-state index in [2.05, 4.69) is 44.2 Å². The third-order valence-electron chi connectivity index (χ3n) is 4.55. The molecule has 5 nitrogen and oxygen atoms in total. The summed E-state index contributed by atoms with van der Waals surface area (Å²) in [6, 6.07) is 6.19. The standard InChI is InChI=1S/C18H20N4OS2/c1-11-8-15(12(2)22(11)9-14-4-3-7-24-14)16(23)10-25-18-19-17(20-21-18)13-5-6-13/h3-4,7-8,13H,5-6,9-10H2,1-2H3,(H,19,20,21). The number of nitrogens with zero attached hydrogens (tertiary/aromatic N) is 3. The molecule has 3 heterocycles. The Kier molecular flexibility index (Phi) is 4.52. The molecule has 1 N–H and O–H groups in total. The summed E-state index contributed by atoms with van der Waals surface area (Å²) in [5, 5.41) is 9.94. The molecule has 0 atom stereocenters. The van der Waals surface area contributed by atoms with Crippen LogP contribution in [0.4, 0.5) is 0 Å². The van der Waals surface area contributed by atoms with Gasteiger partial charge in [-0.25, -0.2) is 4.98 Å². The number of nitrogens with one attached hydrogen (secondary N) is 1. The summed E-state index contributed by atoms with van der Waals surface area (Å²) < 4.78 is 2.21. The molecule has 0 amide bonds. The van der Waals surface area contributed by atoms with Gasteiger partial charge < -0.3 is 4.57 Å². The van der Waals surface area contributed by atoms with Crippen molar-refractivity contribution in [1.82, 2.24) is 19.7 Å². The van der Waals surface area contributed by atoms with Crippen LogP contribution in [-0.4, -0.2) is 31.3 Å². The number of hydrogen-bond acceptors (Lipinski definition) is 5. The molecular formula is C18H20N4OS2. The van der Waals surface area contributed by atoms with Crippen LogP contribution in [0.3, 0.4) is 0 Å². The van der Waals surface area contributed by atoms with Crippen LogP contribution < -0.4 is 0 Å². The highest BCUT2D eigenvalue weighted by Gasteiger charge is 2.27. The molecule has 3 aromatic rings. The van der Waals surface area contributed by atoms with Crippen LogP contribution >= 0.6 is 23.1 Å². The summed E-state index contributed by atoms with van der Waals surface area (Å²) in [7, 11) is 0. The molecule has 1 saturated carbocycles. The Labute approximate surface area is 154 Å². The van der Waals surface area contributed by atoms with Gasteiger partial charge in [0.2, 0.25) is 5.16 Å². The maximum atomic E-state index is 12.7. The number of aryl methyl sites for hydroxylation is 1. The van der Waals surface area contributed by atoms with Gasteiger partial charge in [-0.1, -0.05) is 17.8 Å². The summed E-state index contributed by atoms with van der Waals surface area (Å²) in [6.07, 6.45) is 2.38. The second-order valence-electron chi connectivity index (χ2n) is 6.44. The highest BCUT2D eigenvalue weighted by Crippen LogP contribution is 2.38. The fourth-order valence-electron chi connectivity index (χ4n) is 2.95. The third-order valence-corrected chi connectivity index (χ3v) is 6.26. The topological polar surface area (TPSA) is 63.6 Å². The van der Waals surface area contributed by atoms with Crippen LogP contribution in [0.5, 0.6) is 0 Å². The minimum absolute atomic E-state index is 0.133. The molecule has 0 radical (unpaired) electrons. The zero-order chi connectivity index (χ0) is 17.4. The molecule has 0 aromatic carbocycles. The smallest absolute Gasteiger partial charge is 0.208 e. The Hall–Kier alpha value is -1.86. The normalized spacial score (nSPS) is 14.2. The predicted octanol–water partition coefficient (Wildman–Crippen LogP) is 4.19. The van der Waals surface area contributed by atoms with Crippen molar-refractivity contribution in [2.45, 2.75) is 44.3 Å². The van der Waals surface area contributed by atoms with E-state index >= 15 is 0 Å². The number of rotatable bonds is 7. The first-order valence-corrected chi connectivity index (χ1v) is 10.3. The lowest BCUT2D eigenvalue weighted by Crippen LogP contribution is -2.07. The molecule has 25 heavy (non-hydrogen) atoms. The predicted molar refractivity (Wildman–Crippen MR) is 101 cm³/mol. The monoisotopic (exact) mass is 372 g/mol. The molecule has 0 unspecified atom stereocenters. The average molecular weight is 373 g/mol. The lowest BCUT2D eigenvalue weighted by Gasteiger charge is -2.08. The molecule has 0 aliphatic heterocycles. The number of Topliss-reactive ketones (excluding diaryl/α,β-unsaturated/α-hetero) is 1. The van der Waals surface area contributed by atoms with Gasteiger partial charge in [0.05, 0.1) is 12.3 Å². The quantitative estimate of drug-likeness (QED) is 0.499. The van der Waals surface area contributed by atoms with Crippen molar-refractivity contribution in [2.24, 2.45) is 0 Å². The van der Waals surface area contributed by atoms with E-state index in [1.54, 1.807) is 11.3 Å². The maximum absolute atomic E-state index is 12.7. The number of hydrogen-bond donors (Lipinski definition) is 1. The SMILES string of the molecule is Cc1cc(C(=O)CSc2n[nH]c(C3CC3)n2)c(C)n1Cc1cccs1. The number of H-pyrrole nitrogens is 1. The van der Waals surface area contributed by atoms with E-state index in [1.807, 2.05) is 13.0 Å². The van der Waals surface area contributed by atoms with E-state index in [1.165, 1.54) is 29.5 Å². The minimum atomic E-state index is 0.133. The summed E-state index contributed by atoms with van der Waals surface area (Å²) in [5.74, 6) is 2.01. The summed E-state index contributed by atoms with van der Waals surface area (Å²) in [6.45, 7) is 4.90. The van der Waals surface area contributed by atoms with Crippen LogP contribution in [0.2, 0.25) is 0 Å². The van der Waals surface area contributed by atoms with Crippen molar-refractivity contribution in [3.63, 3.8) is 0 Å². The van der Waals surface area contributed by atoms with Gasteiger partial charge in [-0.3, -0.25) is 9.89 Å². The fourth-order valence-corrected chi connectivity index (χ4v) is 4.34. The average Bonchev–Trinajstić information content (AvgIpc) is 3.03. The van der Waals surface area contributed by atoms with E-state index in [9.17, 15) is 4.79 Å². The fraction of sp³-hybridized carbons (Fsp3) is 0.389. The van der Waals surface area contributed by atoms with E-state index in [-0.39, 0.29) is 5.78 Å². The zero-order valence-corrected chi connectivity index (χ0v) is 15.9. The minimum Gasteiger partial charge on any atom is -0.343 e. The molecule has 130 valence electrons. The van der Waals surface area contributed by atoms with Crippen molar-refractivity contribution in [2.75, 3.05) is 5.75 Å². The van der Waals surface area contributed by atoms with Crippen molar-refractivity contribution in [3.05, 3.63) is 51.2 Å². The van der Waals surface area contributed by atoms with Crippen molar-refractivity contribution in [3.8, 4) is 0 Å². The van der Waals surface area contributed by atoms with Gasteiger partial charge in [-0.2, -0.15) is 0 Å². The van der Waals surface area contributed by atoms with Crippen LogP contribution in [0.1, 0.15) is 51.2 Å². The van der Waals surface area contributed by atoms with E-state index in [0.29, 0.717) is 16.8 Å². The molecule has 3 aromatic heterocycles. The lowest BCUT2D eigenvalue weighted by atomic mass is 10.2. The Morgan fingerprint density at radius 3 is 3.00 bits per heavy atom. The highest BCUT2D eigenvalue weighted by atomic mass is 32.2. The number of thiophene rings is 1. The van der Waals surface area contributed by atoms with Gasteiger partial charge in [0, 0.05) is 27.7 Å². The molecule has 7 heteroatoms. The lowest BCUT2D eigenvalue weighted by molar-refractivity contribution is 0.102. The van der Waals surface area contributed by atoms with Crippen LogP contribution in [0.25, 0.3) is 0 Å². The molecule has 1 fully saturated rings. The van der Waals surface area contributed by atoms with E-state index < -0.39 is 0 Å². The van der Waals surface area contributed by atoms with Gasteiger partial charge >= 0.3 is 0 Å². The number of aromatic amines is 1. The Balaban J connectivity index is 1.44. The van der Waals surface area contributed by atoms with E-state index in [0.717, 1.165) is 29.3 Å². The van der Waals surface area contributed by atoms with Crippen LogP contribution in [0.15, 0.2) is 28.7 Å². The number of thioether (sulfide) groups is 1. The first kappa shape index (κ1) is 16.6. The molecule has 1 aliphatic rings. The van der Waals surface area contributed by atoms with Gasteiger partial charge in [0.25, 0.3) is 0 Å². The van der Waals surface area contributed by atoms with Gasteiger partial charge in [-0.05, 0) is 44.2 Å². The highest BCUT2D eigenvalue weighted by molar-refractivity contribution is 7.99. The third kappa shape index (κ3) is 3.57. The molecule has 0 bridgehead atoms. The van der Waals surface area contributed by atoms with E-state index in [4.69, 9.17) is 0 Å². The van der Waals surface area contributed by atoms with Crippen molar-refractivity contribution in [1.29, 1.82) is 0 Å². The van der Waals surface area contributed by atoms with Crippen molar-refractivity contribution >= 4 is 28.9 Å². The first-order chi connectivity index (χ1) is 12.1. The summed E-state index contributed by atoms with van der Waals surface area (Å²) in [4.78, 5) is 18.4. The molecule has 4 rings (SSSR count). The Morgan fingerprint density at radius 2 is 2.28 bits per heavy atom. The number of ketones is 1. The number of carbonyl (C=O) groups excluding carboxylic acids is 1. The summed E-state index contributed by atoms with van der Waals surface area (Å²) >= 11 is 3.15. The zero-order valence-electron chi connectivity index (χ0n) is 14.3. The van der Waals surface area contributed by atoms with Gasteiger partial charge in [-0.15, -0.1) is 16.4 Å². The molecular weight excluding hydrogens is 352 g/mol.